The lowest BCUT2D eigenvalue weighted by Crippen LogP contribution is -2.40. The first-order valence-corrected chi connectivity index (χ1v) is 14.0. The number of carbonyl (C=O) groups excluding carboxylic acids is 1. The molecular formula is C32H23FN4O5S. The lowest BCUT2D eigenvalue weighted by molar-refractivity contribution is -0.385. The third-order valence-electron chi connectivity index (χ3n) is 7.15. The van der Waals surface area contributed by atoms with Crippen molar-refractivity contribution < 1.29 is 18.5 Å². The molecule has 5 aromatic rings. The van der Waals surface area contributed by atoms with Gasteiger partial charge >= 0.3 is 0 Å². The highest BCUT2D eigenvalue weighted by molar-refractivity contribution is 7.07. The van der Waals surface area contributed by atoms with Gasteiger partial charge in [-0.1, -0.05) is 53.8 Å². The Bertz CT molecular complexity index is 2110. The van der Waals surface area contributed by atoms with Crippen LogP contribution in [0.3, 0.4) is 0 Å². The van der Waals surface area contributed by atoms with Crippen LogP contribution < -0.4 is 20.2 Å². The molecule has 1 atom stereocenters. The number of nitro benzene ring substituents is 1. The standard InChI is InChI=1S/C32H23FN4O5S/c1-18-24(9-6-10-25(18)37(40)41)26-16-15-23(42-26)17-27-31(39)36-29(20-11-13-21(33)14-12-20)28(19(2)34-32(36)43-27)30(38)35-22-7-4-3-5-8-22/h3-17,29H,1-2H3,(H,35,38)/b27-17-/t29-/m0/s1. The Labute approximate surface area is 247 Å². The van der Waals surface area contributed by atoms with Gasteiger partial charge in [-0.15, -0.1) is 0 Å². The van der Waals surface area contributed by atoms with Gasteiger partial charge in [0, 0.05) is 29.0 Å². The van der Waals surface area contributed by atoms with Crippen molar-refractivity contribution >= 4 is 34.7 Å². The molecule has 2 aromatic heterocycles. The molecule has 1 amide bonds. The van der Waals surface area contributed by atoms with Crippen LogP contribution in [0.1, 0.15) is 29.9 Å². The second-order valence-corrected chi connectivity index (χ2v) is 10.9. The number of nitrogens with zero attached hydrogens (tertiary/aromatic N) is 3. The molecule has 9 nitrogen and oxygen atoms in total. The number of nitrogens with one attached hydrogen (secondary N) is 1. The highest BCUT2D eigenvalue weighted by Crippen LogP contribution is 2.32. The maximum atomic E-state index is 13.9. The first-order valence-electron chi connectivity index (χ1n) is 13.2. The van der Waals surface area contributed by atoms with Crippen LogP contribution in [0.4, 0.5) is 15.8 Å². The van der Waals surface area contributed by atoms with Crippen molar-refractivity contribution in [3.63, 3.8) is 0 Å². The zero-order valence-corrected chi connectivity index (χ0v) is 23.7. The number of halogens is 1. The Balaban J connectivity index is 1.44. The van der Waals surface area contributed by atoms with Crippen molar-refractivity contribution in [2.45, 2.75) is 19.9 Å². The van der Waals surface area contributed by atoms with Gasteiger partial charge in [-0.3, -0.25) is 24.3 Å². The molecule has 0 saturated carbocycles. The van der Waals surface area contributed by atoms with E-state index in [1.807, 2.05) is 6.07 Å². The molecule has 11 heteroatoms. The minimum absolute atomic E-state index is 0.0213. The summed E-state index contributed by atoms with van der Waals surface area (Å²) >= 11 is 1.13. The molecule has 0 aliphatic carbocycles. The van der Waals surface area contributed by atoms with E-state index < -0.39 is 28.2 Å². The average molecular weight is 595 g/mol. The van der Waals surface area contributed by atoms with E-state index in [1.165, 1.54) is 22.8 Å². The van der Waals surface area contributed by atoms with Crippen LogP contribution in [-0.2, 0) is 4.79 Å². The number of thiazole rings is 1. The van der Waals surface area contributed by atoms with Gasteiger partial charge in [0.15, 0.2) is 4.80 Å². The predicted octanol–water partition coefficient (Wildman–Crippen LogP) is 5.49. The van der Waals surface area contributed by atoms with Gasteiger partial charge in [0.25, 0.3) is 17.2 Å². The molecular weight excluding hydrogens is 571 g/mol. The van der Waals surface area contributed by atoms with Crippen LogP contribution in [0.15, 0.2) is 110 Å². The number of anilines is 1. The minimum atomic E-state index is -0.859. The van der Waals surface area contributed by atoms with Crippen molar-refractivity contribution in [3.05, 3.63) is 149 Å². The Morgan fingerprint density at radius 3 is 2.51 bits per heavy atom. The summed E-state index contributed by atoms with van der Waals surface area (Å²) in [5.74, 6) is -0.0961. The van der Waals surface area contributed by atoms with E-state index in [0.29, 0.717) is 48.9 Å². The Kier molecular flexibility index (Phi) is 7.16. The third kappa shape index (κ3) is 5.22. The predicted molar refractivity (Wildman–Crippen MR) is 161 cm³/mol. The molecule has 3 heterocycles. The van der Waals surface area contributed by atoms with Gasteiger partial charge in [-0.25, -0.2) is 9.38 Å². The van der Waals surface area contributed by atoms with E-state index in [4.69, 9.17) is 4.42 Å². The molecule has 1 N–H and O–H groups in total. The van der Waals surface area contributed by atoms with Crippen LogP contribution in [0.5, 0.6) is 0 Å². The number of nitro groups is 1. The fourth-order valence-electron chi connectivity index (χ4n) is 5.08. The molecule has 0 radical (unpaired) electrons. The highest BCUT2D eigenvalue weighted by Gasteiger charge is 2.32. The first kappa shape index (κ1) is 27.7. The molecule has 0 fully saturated rings. The quantitative estimate of drug-likeness (QED) is 0.206. The summed E-state index contributed by atoms with van der Waals surface area (Å²) in [6, 6.07) is 21.8. The summed E-state index contributed by atoms with van der Waals surface area (Å²) in [5, 5.41) is 14.3. The van der Waals surface area contributed by atoms with Crippen LogP contribution in [-0.4, -0.2) is 15.4 Å². The average Bonchev–Trinajstić information content (AvgIpc) is 3.57. The normalized spacial score (nSPS) is 14.8. The maximum absolute atomic E-state index is 13.9. The zero-order valence-electron chi connectivity index (χ0n) is 22.9. The lowest BCUT2D eigenvalue weighted by atomic mass is 9.95. The SMILES string of the molecule is CC1=C(C(=O)Nc2ccccc2)[C@H](c2ccc(F)cc2)n2c(s/c(=C\c3ccc(-c4cccc([N+](=O)[O-])c4C)o3)c2=O)=N1. The number of hydrogen-bond donors (Lipinski definition) is 1. The van der Waals surface area contributed by atoms with Crippen molar-refractivity contribution in [1.29, 1.82) is 0 Å². The van der Waals surface area contributed by atoms with Crippen molar-refractivity contribution in [2.24, 2.45) is 4.99 Å². The number of hydrogen-bond acceptors (Lipinski definition) is 7. The third-order valence-corrected chi connectivity index (χ3v) is 8.13. The van der Waals surface area contributed by atoms with E-state index in [-0.39, 0.29) is 11.3 Å². The molecule has 3 aromatic carbocycles. The topological polar surface area (TPSA) is 120 Å². The summed E-state index contributed by atoms with van der Waals surface area (Å²) < 4.78 is 21.6. The fourth-order valence-corrected chi connectivity index (χ4v) is 6.11. The van der Waals surface area contributed by atoms with E-state index in [2.05, 4.69) is 10.3 Å². The van der Waals surface area contributed by atoms with E-state index in [0.717, 1.165) is 11.3 Å². The number of amides is 1. The van der Waals surface area contributed by atoms with Gasteiger partial charge in [0.1, 0.15) is 17.3 Å². The number of furan rings is 1. The summed E-state index contributed by atoms with van der Waals surface area (Å²) in [4.78, 5) is 43.4. The Hall–Kier alpha value is -5.42. The Morgan fingerprint density at radius 2 is 1.79 bits per heavy atom. The monoisotopic (exact) mass is 594 g/mol. The van der Waals surface area contributed by atoms with Crippen molar-refractivity contribution in [1.82, 2.24) is 4.57 Å². The van der Waals surface area contributed by atoms with Gasteiger partial charge in [-0.2, -0.15) is 0 Å². The molecule has 214 valence electrons. The van der Waals surface area contributed by atoms with Gasteiger partial charge in [0.05, 0.1) is 26.8 Å². The summed E-state index contributed by atoms with van der Waals surface area (Å²) in [7, 11) is 0. The molecule has 6 rings (SSSR count). The van der Waals surface area contributed by atoms with Crippen molar-refractivity contribution in [2.75, 3.05) is 5.32 Å². The number of benzene rings is 3. The van der Waals surface area contributed by atoms with Crippen molar-refractivity contribution in [3.8, 4) is 11.3 Å². The van der Waals surface area contributed by atoms with Gasteiger partial charge < -0.3 is 9.73 Å². The summed E-state index contributed by atoms with van der Waals surface area (Å²) in [6.45, 7) is 3.35. The molecule has 1 aliphatic rings. The fraction of sp³-hybridized carbons (Fsp3) is 0.0938. The second kappa shape index (κ2) is 11.1. The molecule has 0 bridgehead atoms. The number of fused-ring (bicyclic) bond motifs is 1. The highest BCUT2D eigenvalue weighted by atomic mass is 32.1. The lowest BCUT2D eigenvalue weighted by Gasteiger charge is -2.25. The number of aromatic nitrogens is 1. The molecule has 0 spiro atoms. The van der Waals surface area contributed by atoms with Crippen LogP contribution in [0, 0.1) is 22.9 Å². The number of para-hydroxylation sites is 1. The van der Waals surface area contributed by atoms with Crippen LogP contribution in [0.25, 0.3) is 17.4 Å². The molecule has 1 aliphatic heterocycles. The van der Waals surface area contributed by atoms with E-state index in [9.17, 15) is 24.1 Å². The number of rotatable bonds is 6. The van der Waals surface area contributed by atoms with E-state index in [1.54, 1.807) is 80.6 Å². The smallest absolute Gasteiger partial charge is 0.273 e. The first-order chi connectivity index (χ1) is 20.7. The number of carbonyl (C=O) groups is 1. The summed E-state index contributed by atoms with van der Waals surface area (Å²) in [6.07, 6.45) is 1.57. The second-order valence-electron chi connectivity index (χ2n) is 9.86. The molecule has 0 unspecified atom stereocenters. The van der Waals surface area contributed by atoms with Crippen LogP contribution in [0.2, 0.25) is 0 Å². The van der Waals surface area contributed by atoms with Gasteiger partial charge in [-0.05, 0) is 55.8 Å². The largest absolute Gasteiger partial charge is 0.457 e. The maximum Gasteiger partial charge on any atom is 0.273 e. The molecule has 43 heavy (non-hydrogen) atoms. The zero-order chi connectivity index (χ0) is 30.2. The van der Waals surface area contributed by atoms with E-state index >= 15 is 0 Å². The summed E-state index contributed by atoms with van der Waals surface area (Å²) in [5.41, 5.74) is 2.42. The van der Waals surface area contributed by atoms with Gasteiger partial charge in [0.2, 0.25) is 0 Å². The van der Waals surface area contributed by atoms with Crippen LogP contribution >= 0.6 is 11.3 Å². The Morgan fingerprint density at radius 1 is 1.05 bits per heavy atom. The minimum Gasteiger partial charge on any atom is -0.457 e. The number of allylic oxidation sites excluding steroid dienone is 1. The molecule has 0 saturated heterocycles.